The van der Waals surface area contributed by atoms with Crippen LogP contribution in [0.4, 0.5) is 26.8 Å². The molecule has 0 aliphatic rings. The van der Waals surface area contributed by atoms with Crippen molar-refractivity contribution < 1.29 is 23.8 Å². The number of carbonyl (C=O) groups excluding carboxylic acids is 2. The third kappa shape index (κ3) is 5.57. The summed E-state index contributed by atoms with van der Waals surface area (Å²) in [7, 11) is 0. The van der Waals surface area contributed by atoms with Gasteiger partial charge in [-0.15, -0.1) is 0 Å². The molecule has 0 saturated heterocycles. The highest BCUT2D eigenvalue weighted by atomic mass is 16.6. The van der Waals surface area contributed by atoms with Crippen LogP contribution >= 0.6 is 0 Å². The minimum absolute atomic E-state index is 0.0862. The lowest BCUT2D eigenvalue weighted by molar-refractivity contribution is 0.0636. The van der Waals surface area contributed by atoms with E-state index in [-0.39, 0.29) is 18.1 Å². The summed E-state index contributed by atoms with van der Waals surface area (Å²) in [5.41, 5.74) is 6.09. The number of rotatable bonds is 5. The average molecular weight is 438 g/mol. The number of fused-ring (bicyclic) bond motifs is 1. The molecule has 0 radical (unpaired) electrons. The topological polar surface area (TPSA) is 125 Å². The zero-order valence-corrected chi connectivity index (χ0v) is 18.4. The van der Waals surface area contributed by atoms with Crippen LogP contribution in [0.2, 0.25) is 0 Å². The quantitative estimate of drug-likeness (QED) is 0.478. The molecule has 0 spiro atoms. The standard InChI is InChI=1S/C23H26N4O5/c1-5-30-21(28)27-19-18(12-13-25-20(19)24)31-17-11-10-16(14-8-6-7-9-15(14)17)26-22(29)32-23(2,3)4/h6-13H,5H2,1-4H3,(H2,24,25)(H,26,29)(H,27,28). The van der Waals surface area contributed by atoms with Crippen LogP contribution in [0.1, 0.15) is 27.7 Å². The zero-order valence-electron chi connectivity index (χ0n) is 18.4. The van der Waals surface area contributed by atoms with E-state index in [4.69, 9.17) is 19.9 Å². The van der Waals surface area contributed by atoms with Gasteiger partial charge in [0.05, 0.1) is 12.3 Å². The van der Waals surface area contributed by atoms with Crippen molar-refractivity contribution >= 4 is 40.2 Å². The second kappa shape index (κ2) is 9.42. The second-order valence-electron chi connectivity index (χ2n) is 7.80. The number of nitrogens with zero attached hydrogens (tertiary/aromatic N) is 1. The number of pyridine rings is 1. The van der Waals surface area contributed by atoms with Gasteiger partial charge in [-0.3, -0.25) is 10.6 Å². The molecule has 0 saturated carbocycles. The number of hydrogen-bond donors (Lipinski definition) is 3. The first-order valence-electron chi connectivity index (χ1n) is 10.1. The van der Waals surface area contributed by atoms with Crippen molar-refractivity contribution in [3.8, 4) is 11.5 Å². The molecule has 9 nitrogen and oxygen atoms in total. The molecule has 2 aromatic carbocycles. The fraction of sp³-hybridized carbons (Fsp3) is 0.261. The van der Waals surface area contributed by atoms with Crippen molar-refractivity contribution in [1.82, 2.24) is 4.98 Å². The number of ether oxygens (including phenoxy) is 3. The molecule has 2 amide bonds. The van der Waals surface area contributed by atoms with Gasteiger partial charge in [0.25, 0.3) is 0 Å². The van der Waals surface area contributed by atoms with E-state index in [1.54, 1.807) is 45.9 Å². The van der Waals surface area contributed by atoms with Gasteiger partial charge in [0, 0.05) is 23.0 Å². The van der Waals surface area contributed by atoms with E-state index in [2.05, 4.69) is 15.6 Å². The maximum atomic E-state index is 12.2. The maximum Gasteiger partial charge on any atom is 0.412 e. The lowest BCUT2D eigenvalue weighted by atomic mass is 10.1. The minimum atomic E-state index is -0.668. The van der Waals surface area contributed by atoms with Gasteiger partial charge in [-0.1, -0.05) is 24.3 Å². The molecule has 9 heteroatoms. The van der Waals surface area contributed by atoms with Crippen LogP contribution in [0.25, 0.3) is 10.8 Å². The predicted molar refractivity (Wildman–Crippen MR) is 123 cm³/mol. The largest absolute Gasteiger partial charge is 0.454 e. The van der Waals surface area contributed by atoms with Crippen LogP contribution in [0.5, 0.6) is 11.5 Å². The third-order valence-electron chi connectivity index (χ3n) is 4.18. The van der Waals surface area contributed by atoms with Crippen molar-refractivity contribution in [3.05, 3.63) is 48.7 Å². The van der Waals surface area contributed by atoms with Gasteiger partial charge in [-0.05, 0) is 39.8 Å². The Balaban J connectivity index is 1.94. The van der Waals surface area contributed by atoms with Crippen molar-refractivity contribution in [2.45, 2.75) is 33.3 Å². The normalized spacial score (nSPS) is 11.0. The molecule has 3 rings (SSSR count). The molecule has 32 heavy (non-hydrogen) atoms. The van der Waals surface area contributed by atoms with E-state index in [0.29, 0.717) is 17.2 Å². The number of carbonyl (C=O) groups is 2. The third-order valence-corrected chi connectivity index (χ3v) is 4.18. The van der Waals surface area contributed by atoms with E-state index in [0.717, 1.165) is 10.8 Å². The summed E-state index contributed by atoms with van der Waals surface area (Å²) in [5.74, 6) is 0.875. The second-order valence-corrected chi connectivity index (χ2v) is 7.80. The van der Waals surface area contributed by atoms with Crippen LogP contribution in [0.3, 0.4) is 0 Å². The lowest BCUT2D eigenvalue weighted by Gasteiger charge is -2.20. The Morgan fingerprint density at radius 2 is 1.69 bits per heavy atom. The number of nitrogens with one attached hydrogen (secondary N) is 2. The molecule has 0 aliphatic heterocycles. The van der Waals surface area contributed by atoms with Crippen molar-refractivity contribution in [2.75, 3.05) is 23.0 Å². The Morgan fingerprint density at radius 3 is 2.38 bits per heavy atom. The molecular formula is C23H26N4O5. The molecule has 1 heterocycles. The van der Waals surface area contributed by atoms with E-state index < -0.39 is 17.8 Å². The minimum Gasteiger partial charge on any atom is -0.454 e. The lowest BCUT2D eigenvalue weighted by Crippen LogP contribution is -2.27. The first kappa shape index (κ1) is 22.7. The number of nitrogens with two attached hydrogens (primary N) is 1. The summed E-state index contributed by atoms with van der Waals surface area (Å²) >= 11 is 0. The molecule has 168 valence electrons. The highest BCUT2D eigenvalue weighted by molar-refractivity contribution is 6.03. The molecule has 0 fully saturated rings. The van der Waals surface area contributed by atoms with Gasteiger partial charge in [-0.2, -0.15) is 0 Å². The van der Waals surface area contributed by atoms with Crippen LogP contribution in [-0.4, -0.2) is 29.4 Å². The summed E-state index contributed by atoms with van der Waals surface area (Å²) in [6, 6.07) is 12.4. The van der Waals surface area contributed by atoms with Gasteiger partial charge in [-0.25, -0.2) is 14.6 Å². The number of hydrogen-bond acceptors (Lipinski definition) is 7. The Bertz CT molecular complexity index is 1140. The van der Waals surface area contributed by atoms with E-state index in [1.807, 2.05) is 24.3 Å². The van der Waals surface area contributed by atoms with Crippen LogP contribution in [-0.2, 0) is 9.47 Å². The summed E-state index contributed by atoms with van der Waals surface area (Å²) in [5, 5.41) is 6.82. The van der Waals surface area contributed by atoms with Gasteiger partial charge in [0.1, 0.15) is 17.0 Å². The van der Waals surface area contributed by atoms with Gasteiger partial charge < -0.3 is 19.9 Å². The summed E-state index contributed by atoms with van der Waals surface area (Å²) in [6.07, 6.45) is 0.250. The summed E-state index contributed by atoms with van der Waals surface area (Å²) < 4.78 is 16.4. The number of amides is 2. The molecular weight excluding hydrogens is 412 g/mol. The molecule has 1 aromatic heterocycles. The molecule has 3 aromatic rings. The highest BCUT2D eigenvalue weighted by Gasteiger charge is 2.19. The summed E-state index contributed by atoms with van der Waals surface area (Å²) in [4.78, 5) is 28.2. The Hall–Kier alpha value is -4.01. The molecule has 4 N–H and O–H groups in total. The Kier molecular flexibility index (Phi) is 6.67. The first-order valence-corrected chi connectivity index (χ1v) is 10.1. The highest BCUT2D eigenvalue weighted by Crippen LogP contribution is 2.38. The molecule has 0 bridgehead atoms. The average Bonchev–Trinajstić information content (AvgIpc) is 2.71. The molecule has 0 unspecified atom stereocenters. The van der Waals surface area contributed by atoms with E-state index in [9.17, 15) is 9.59 Å². The fourth-order valence-corrected chi connectivity index (χ4v) is 2.94. The van der Waals surface area contributed by atoms with E-state index in [1.165, 1.54) is 6.20 Å². The zero-order chi connectivity index (χ0) is 23.3. The van der Waals surface area contributed by atoms with Crippen molar-refractivity contribution in [3.63, 3.8) is 0 Å². The monoisotopic (exact) mass is 438 g/mol. The van der Waals surface area contributed by atoms with Crippen LogP contribution < -0.4 is 21.1 Å². The number of nitrogen functional groups attached to an aromatic ring is 1. The van der Waals surface area contributed by atoms with Gasteiger partial charge >= 0.3 is 12.2 Å². The maximum absolute atomic E-state index is 12.2. The Morgan fingerprint density at radius 1 is 0.969 bits per heavy atom. The van der Waals surface area contributed by atoms with Gasteiger partial charge in [0.2, 0.25) is 0 Å². The number of anilines is 3. The number of aromatic nitrogens is 1. The predicted octanol–water partition coefficient (Wildman–Crippen LogP) is 5.52. The van der Waals surface area contributed by atoms with Crippen LogP contribution in [0.15, 0.2) is 48.7 Å². The number of benzene rings is 2. The SMILES string of the molecule is CCOC(=O)Nc1c(Oc2ccc(NC(=O)OC(C)(C)C)c3ccccc23)ccnc1N. The van der Waals surface area contributed by atoms with Crippen LogP contribution in [0, 0.1) is 0 Å². The van der Waals surface area contributed by atoms with Crippen molar-refractivity contribution in [1.29, 1.82) is 0 Å². The fourth-order valence-electron chi connectivity index (χ4n) is 2.94. The smallest absolute Gasteiger partial charge is 0.412 e. The van der Waals surface area contributed by atoms with Gasteiger partial charge in [0.15, 0.2) is 11.6 Å². The Labute approximate surface area is 185 Å². The first-order chi connectivity index (χ1) is 15.2. The van der Waals surface area contributed by atoms with Crippen molar-refractivity contribution in [2.24, 2.45) is 0 Å². The molecule has 0 atom stereocenters. The summed E-state index contributed by atoms with van der Waals surface area (Å²) in [6.45, 7) is 7.29. The molecule has 0 aliphatic carbocycles. The van der Waals surface area contributed by atoms with E-state index >= 15 is 0 Å².